The van der Waals surface area contributed by atoms with E-state index in [0.29, 0.717) is 24.3 Å². The Labute approximate surface area is 119 Å². The van der Waals surface area contributed by atoms with E-state index in [4.69, 9.17) is 4.74 Å². The first-order valence-corrected chi connectivity index (χ1v) is 7.64. The van der Waals surface area contributed by atoms with Crippen LogP contribution in [0.3, 0.4) is 0 Å². The Kier molecular flexibility index (Phi) is 4.05. The summed E-state index contributed by atoms with van der Waals surface area (Å²) in [6, 6.07) is 2.40. The van der Waals surface area contributed by atoms with Crippen LogP contribution >= 0.6 is 0 Å². The van der Waals surface area contributed by atoms with Crippen molar-refractivity contribution in [1.82, 2.24) is 9.97 Å². The molecule has 3 atom stereocenters. The molecule has 2 aliphatic rings. The van der Waals surface area contributed by atoms with Crippen LogP contribution in [0.5, 0.6) is 5.88 Å². The summed E-state index contributed by atoms with van der Waals surface area (Å²) in [4.78, 5) is 8.43. The second kappa shape index (κ2) is 5.95. The van der Waals surface area contributed by atoms with E-state index >= 15 is 0 Å². The van der Waals surface area contributed by atoms with E-state index in [1.165, 1.54) is 25.7 Å². The maximum Gasteiger partial charge on any atom is 0.218 e. The molecule has 0 aromatic carbocycles. The highest BCUT2D eigenvalue weighted by atomic mass is 16.5. The second-order valence-corrected chi connectivity index (χ2v) is 6.12. The van der Waals surface area contributed by atoms with Gasteiger partial charge in [-0.25, -0.2) is 9.97 Å². The van der Waals surface area contributed by atoms with Crippen LogP contribution in [-0.4, -0.2) is 33.3 Å². The molecule has 0 bridgehead atoms. The Hall–Kier alpha value is -1.36. The van der Waals surface area contributed by atoms with Gasteiger partial charge in [0.1, 0.15) is 18.2 Å². The minimum Gasteiger partial charge on any atom is -0.474 e. The van der Waals surface area contributed by atoms with Crippen LogP contribution in [0, 0.1) is 5.92 Å². The van der Waals surface area contributed by atoms with Crippen LogP contribution < -0.4 is 10.1 Å². The zero-order valence-electron chi connectivity index (χ0n) is 12.0. The molecular weight excluding hydrogens is 254 g/mol. The average Bonchev–Trinajstić information content (AvgIpc) is 3.01. The Morgan fingerprint density at radius 1 is 1.25 bits per heavy atom. The summed E-state index contributed by atoms with van der Waals surface area (Å²) in [5, 5.41) is 13.2. The summed E-state index contributed by atoms with van der Waals surface area (Å²) < 4.78 is 5.87. The van der Waals surface area contributed by atoms with E-state index in [-0.39, 0.29) is 12.2 Å². The number of aliphatic hydroxyl groups is 1. The molecule has 5 heteroatoms. The normalized spacial score (nSPS) is 30.6. The van der Waals surface area contributed by atoms with Gasteiger partial charge in [0, 0.05) is 18.5 Å². The zero-order chi connectivity index (χ0) is 13.9. The molecule has 1 aromatic rings. The fourth-order valence-electron chi connectivity index (χ4n) is 3.20. The first-order chi connectivity index (χ1) is 9.70. The molecule has 1 aromatic heterocycles. The summed E-state index contributed by atoms with van der Waals surface area (Å²) in [6.07, 6.45) is 7.95. The third-order valence-corrected chi connectivity index (χ3v) is 4.43. The van der Waals surface area contributed by atoms with Gasteiger partial charge in [-0.3, -0.25) is 0 Å². The average molecular weight is 277 g/mol. The van der Waals surface area contributed by atoms with E-state index < -0.39 is 0 Å². The summed E-state index contributed by atoms with van der Waals surface area (Å²) in [5.41, 5.74) is 0. The van der Waals surface area contributed by atoms with E-state index in [2.05, 4.69) is 22.2 Å². The van der Waals surface area contributed by atoms with Gasteiger partial charge in [0.05, 0.1) is 6.10 Å². The van der Waals surface area contributed by atoms with Crippen molar-refractivity contribution in [2.45, 2.75) is 63.7 Å². The standard InChI is InChI=1S/C15H23N3O2/c1-10-6-12(7-13(10)19)20-15-8-14(16-9-17-15)18-11-4-2-3-5-11/h8-13,19H,2-7H2,1H3,(H,16,17,18)/t10-,12+,13+/m0/s1. The number of anilines is 1. The Balaban J connectivity index is 1.59. The maximum absolute atomic E-state index is 9.77. The topological polar surface area (TPSA) is 67.3 Å². The Bertz CT molecular complexity index is 438. The lowest BCUT2D eigenvalue weighted by Crippen LogP contribution is -2.17. The Morgan fingerprint density at radius 3 is 2.75 bits per heavy atom. The van der Waals surface area contributed by atoms with Crippen molar-refractivity contribution in [3.8, 4) is 5.88 Å². The molecule has 0 amide bonds. The van der Waals surface area contributed by atoms with E-state index in [0.717, 1.165) is 12.2 Å². The molecule has 2 aliphatic carbocycles. The third kappa shape index (κ3) is 3.20. The number of nitrogens with zero attached hydrogens (tertiary/aromatic N) is 2. The van der Waals surface area contributed by atoms with Crippen LogP contribution in [0.1, 0.15) is 45.4 Å². The van der Waals surface area contributed by atoms with E-state index in [1.54, 1.807) is 6.33 Å². The molecule has 20 heavy (non-hydrogen) atoms. The van der Waals surface area contributed by atoms with Crippen LogP contribution in [0.4, 0.5) is 5.82 Å². The van der Waals surface area contributed by atoms with Crippen LogP contribution in [0.15, 0.2) is 12.4 Å². The number of hydrogen-bond donors (Lipinski definition) is 2. The predicted octanol–water partition coefficient (Wildman–Crippen LogP) is 2.37. The monoisotopic (exact) mass is 277 g/mol. The molecule has 3 rings (SSSR count). The molecule has 0 spiro atoms. The first kappa shape index (κ1) is 13.6. The van der Waals surface area contributed by atoms with Crippen molar-refractivity contribution < 1.29 is 9.84 Å². The Morgan fingerprint density at radius 2 is 2.05 bits per heavy atom. The minimum absolute atomic E-state index is 0.0641. The van der Waals surface area contributed by atoms with Crippen molar-refractivity contribution in [2.75, 3.05) is 5.32 Å². The maximum atomic E-state index is 9.77. The minimum atomic E-state index is -0.252. The molecule has 2 saturated carbocycles. The SMILES string of the molecule is C[C@H]1C[C@@H](Oc2cc(NC3CCCC3)ncn2)C[C@H]1O. The lowest BCUT2D eigenvalue weighted by atomic mass is 10.1. The molecule has 2 N–H and O–H groups in total. The van der Waals surface area contributed by atoms with Gasteiger partial charge in [-0.05, 0) is 25.2 Å². The summed E-state index contributed by atoms with van der Waals surface area (Å²) >= 11 is 0. The number of aromatic nitrogens is 2. The van der Waals surface area contributed by atoms with Gasteiger partial charge in [0.15, 0.2) is 0 Å². The molecule has 110 valence electrons. The summed E-state index contributed by atoms with van der Waals surface area (Å²) in [7, 11) is 0. The molecule has 2 fully saturated rings. The lowest BCUT2D eigenvalue weighted by molar-refractivity contribution is 0.128. The molecule has 0 radical (unpaired) electrons. The van der Waals surface area contributed by atoms with E-state index in [9.17, 15) is 5.11 Å². The van der Waals surface area contributed by atoms with Crippen LogP contribution in [-0.2, 0) is 0 Å². The first-order valence-electron chi connectivity index (χ1n) is 7.64. The van der Waals surface area contributed by atoms with Crippen molar-refractivity contribution in [1.29, 1.82) is 0 Å². The zero-order valence-corrected chi connectivity index (χ0v) is 12.0. The molecule has 0 aliphatic heterocycles. The van der Waals surface area contributed by atoms with Gasteiger partial charge in [0.2, 0.25) is 5.88 Å². The van der Waals surface area contributed by atoms with Gasteiger partial charge in [-0.15, -0.1) is 0 Å². The fraction of sp³-hybridized carbons (Fsp3) is 0.733. The van der Waals surface area contributed by atoms with Gasteiger partial charge in [0.25, 0.3) is 0 Å². The lowest BCUT2D eigenvalue weighted by Gasteiger charge is -2.15. The number of aliphatic hydroxyl groups excluding tert-OH is 1. The van der Waals surface area contributed by atoms with Crippen molar-refractivity contribution in [2.24, 2.45) is 5.92 Å². The molecule has 1 heterocycles. The quantitative estimate of drug-likeness (QED) is 0.884. The van der Waals surface area contributed by atoms with Crippen molar-refractivity contribution in [3.63, 3.8) is 0 Å². The smallest absolute Gasteiger partial charge is 0.218 e. The largest absolute Gasteiger partial charge is 0.474 e. The fourth-order valence-corrected chi connectivity index (χ4v) is 3.20. The van der Waals surface area contributed by atoms with E-state index in [1.807, 2.05) is 6.07 Å². The van der Waals surface area contributed by atoms with Gasteiger partial charge in [-0.2, -0.15) is 0 Å². The summed E-state index contributed by atoms with van der Waals surface area (Å²) in [5.74, 6) is 1.75. The van der Waals surface area contributed by atoms with Gasteiger partial charge in [-0.1, -0.05) is 19.8 Å². The number of rotatable bonds is 4. The predicted molar refractivity (Wildman–Crippen MR) is 76.7 cm³/mol. The third-order valence-electron chi connectivity index (χ3n) is 4.43. The molecule has 5 nitrogen and oxygen atoms in total. The highest BCUT2D eigenvalue weighted by Crippen LogP contribution is 2.29. The van der Waals surface area contributed by atoms with Crippen molar-refractivity contribution in [3.05, 3.63) is 12.4 Å². The van der Waals surface area contributed by atoms with Gasteiger partial charge < -0.3 is 15.2 Å². The van der Waals surface area contributed by atoms with Gasteiger partial charge >= 0.3 is 0 Å². The number of nitrogens with one attached hydrogen (secondary N) is 1. The molecular formula is C15H23N3O2. The molecule has 0 saturated heterocycles. The number of ether oxygens (including phenoxy) is 1. The second-order valence-electron chi connectivity index (χ2n) is 6.12. The van der Waals surface area contributed by atoms with Crippen LogP contribution in [0.25, 0.3) is 0 Å². The highest BCUT2D eigenvalue weighted by molar-refractivity contribution is 5.38. The number of hydrogen-bond acceptors (Lipinski definition) is 5. The summed E-state index contributed by atoms with van der Waals surface area (Å²) in [6.45, 7) is 2.06. The highest BCUT2D eigenvalue weighted by Gasteiger charge is 2.31. The van der Waals surface area contributed by atoms with Crippen molar-refractivity contribution >= 4 is 5.82 Å². The van der Waals surface area contributed by atoms with Crippen LogP contribution in [0.2, 0.25) is 0 Å². The molecule has 0 unspecified atom stereocenters.